The lowest BCUT2D eigenvalue weighted by atomic mass is 9.75. The van der Waals surface area contributed by atoms with E-state index in [2.05, 4.69) is 5.73 Å². The van der Waals surface area contributed by atoms with Crippen LogP contribution in [0, 0.1) is 0 Å². The SMILES string of the molecule is NC(F)(F)C(F)(F)C(F)(F)C(F)(C(F)(F)C(F)(F)C(F)(F)F)C(F)(F)C(F)(F)C(F)(F)F. The second-order valence-corrected chi connectivity index (χ2v) is 5.72. The molecule has 1 nitrogen and oxygen atoms in total. The van der Waals surface area contributed by atoms with Crippen LogP contribution in [0.3, 0.4) is 0 Å². The lowest BCUT2D eigenvalue weighted by molar-refractivity contribution is -0.483. The predicted octanol–water partition coefficient (Wildman–Crippen LogP) is 6.18. The molecular weight excluding hydrogens is 533 g/mol. The van der Waals surface area contributed by atoms with E-state index in [1.807, 2.05) is 0 Å². The number of hydrogen-bond acceptors (Lipinski definition) is 1. The molecule has 0 aliphatic heterocycles. The minimum atomic E-state index is -9.74. The summed E-state index contributed by atoms with van der Waals surface area (Å²) >= 11 is 0. The monoisotopic (exact) mass is 535 g/mol. The van der Waals surface area contributed by atoms with Gasteiger partial charge in [-0.25, -0.2) is 4.39 Å². The summed E-state index contributed by atoms with van der Waals surface area (Å²) in [6.45, 7) is 0. The van der Waals surface area contributed by atoms with Gasteiger partial charge in [0.1, 0.15) is 0 Å². The topological polar surface area (TPSA) is 26.0 Å². The molecular formula is C10H2F21N. The van der Waals surface area contributed by atoms with E-state index in [0.29, 0.717) is 0 Å². The summed E-state index contributed by atoms with van der Waals surface area (Å²) in [6, 6.07) is -7.36. The first kappa shape index (κ1) is 30.5. The van der Waals surface area contributed by atoms with Gasteiger partial charge in [0.2, 0.25) is 0 Å². The molecule has 0 aromatic heterocycles. The molecule has 0 atom stereocenters. The molecule has 0 aromatic carbocycles. The molecule has 0 aliphatic carbocycles. The van der Waals surface area contributed by atoms with Gasteiger partial charge in [-0.3, -0.25) is 5.73 Å². The molecule has 0 aliphatic rings. The Morgan fingerprint density at radius 3 is 0.625 bits per heavy atom. The number of alkyl halides is 21. The fourth-order valence-corrected chi connectivity index (χ4v) is 1.81. The van der Waals surface area contributed by atoms with Crippen LogP contribution in [0.2, 0.25) is 0 Å². The number of rotatable bonds is 7. The van der Waals surface area contributed by atoms with Gasteiger partial charge in [-0.1, -0.05) is 0 Å². The predicted molar refractivity (Wildman–Crippen MR) is 54.8 cm³/mol. The molecule has 2 N–H and O–H groups in total. The zero-order valence-corrected chi connectivity index (χ0v) is 13.5. The molecule has 0 unspecified atom stereocenters. The quantitative estimate of drug-likeness (QED) is 0.306. The fourth-order valence-electron chi connectivity index (χ4n) is 1.81. The van der Waals surface area contributed by atoms with E-state index in [0.717, 1.165) is 0 Å². The van der Waals surface area contributed by atoms with E-state index in [-0.39, 0.29) is 0 Å². The number of hydrogen-bond donors (Lipinski definition) is 1. The molecule has 0 spiro atoms. The highest BCUT2D eigenvalue weighted by Crippen LogP contribution is 2.69. The first-order valence-electron chi connectivity index (χ1n) is 6.51. The van der Waals surface area contributed by atoms with Gasteiger partial charge in [0.25, 0.3) is 0 Å². The van der Waals surface area contributed by atoms with Crippen molar-refractivity contribution in [1.29, 1.82) is 0 Å². The van der Waals surface area contributed by atoms with Gasteiger partial charge in [-0.2, -0.15) is 87.8 Å². The zero-order valence-electron chi connectivity index (χ0n) is 13.5. The number of nitrogens with two attached hydrogens (primary N) is 1. The van der Waals surface area contributed by atoms with Crippen LogP contribution in [0.1, 0.15) is 0 Å². The maximum Gasteiger partial charge on any atom is 0.460 e. The highest BCUT2D eigenvalue weighted by Gasteiger charge is 3.01. The largest absolute Gasteiger partial charge is 0.460 e. The van der Waals surface area contributed by atoms with Gasteiger partial charge in [0.15, 0.2) is 0 Å². The fraction of sp³-hybridized carbons (Fsp3) is 1.00. The van der Waals surface area contributed by atoms with Gasteiger partial charge < -0.3 is 0 Å². The maximum absolute atomic E-state index is 14.1. The molecule has 0 fully saturated rings. The van der Waals surface area contributed by atoms with E-state index in [1.165, 1.54) is 0 Å². The van der Waals surface area contributed by atoms with Crippen molar-refractivity contribution in [3.8, 4) is 0 Å². The van der Waals surface area contributed by atoms with Crippen molar-refractivity contribution in [2.75, 3.05) is 0 Å². The van der Waals surface area contributed by atoms with E-state index >= 15 is 0 Å². The van der Waals surface area contributed by atoms with Crippen molar-refractivity contribution in [2.24, 2.45) is 5.73 Å². The lowest BCUT2D eigenvalue weighted by Gasteiger charge is -2.49. The standard InChI is InChI=1S/C10H2F21N/c11-1(2(12,13)5(18,19)8(24,25)26,3(14,15)6(20,21)9(27,28)29)4(16,17)7(22,23)10(30,31)32/h32H2. The van der Waals surface area contributed by atoms with Crippen LogP contribution in [-0.4, -0.2) is 59.6 Å². The Hall–Kier alpha value is -1.51. The third kappa shape index (κ3) is 3.41. The maximum atomic E-state index is 14.1. The molecule has 0 radical (unpaired) electrons. The highest BCUT2D eigenvalue weighted by molar-refractivity contribution is 5.25. The van der Waals surface area contributed by atoms with Crippen molar-refractivity contribution in [1.82, 2.24) is 0 Å². The molecule has 0 aromatic rings. The van der Waals surface area contributed by atoms with Gasteiger partial charge in [-0.05, 0) is 0 Å². The average molecular weight is 535 g/mol. The van der Waals surface area contributed by atoms with Crippen LogP contribution >= 0.6 is 0 Å². The summed E-state index contributed by atoms with van der Waals surface area (Å²) in [7, 11) is 0. The normalized spacial score (nSPS) is 17.1. The first-order chi connectivity index (χ1) is 13.2. The summed E-state index contributed by atoms with van der Waals surface area (Å²) < 4.78 is 270. The van der Waals surface area contributed by atoms with E-state index in [4.69, 9.17) is 0 Å². The van der Waals surface area contributed by atoms with Crippen molar-refractivity contribution < 1.29 is 92.2 Å². The third-order valence-corrected chi connectivity index (χ3v) is 3.61. The van der Waals surface area contributed by atoms with E-state index in [9.17, 15) is 92.2 Å². The van der Waals surface area contributed by atoms with E-state index in [1.54, 1.807) is 0 Å². The second-order valence-electron chi connectivity index (χ2n) is 5.72. The zero-order chi connectivity index (χ0) is 27.0. The Balaban J connectivity index is 7.89. The second kappa shape index (κ2) is 7.00. The minimum absolute atomic E-state index is 2.93. The molecule has 0 bridgehead atoms. The third-order valence-electron chi connectivity index (χ3n) is 3.61. The smallest absolute Gasteiger partial charge is 0.267 e. The summed E-state index contributed by atoms with van der Waals surface area (Å²) in [4.78, 5) is 0. The minimum Gasteiger partial charge on any atom is -0.267 e. The molecule has 22 heteroatoms. The molecule has 0 amide bonds. The summed E-state index contributed by atoms with van der Waals surface area (Å²) in [5.74, 6) is -54.4. The highest BCUT2D eigenvalue weighted by atomic mass is 19.4. The van der Waals surface area contributed by atoms with Gasteiger partial charge in [0, 0.05) is 0 Å². The molecule has 0 heterocycles. The molecule has 0 rings (SSSR count). The van der Waals surface area contributed by atoms with Crippen molar-refractivity contribution in [3.05, 3.63) is 0 Å². The van der Waals surface area contributed by atoms with Crippen LogP contribution in [0.4, 0.5) is 92.2 Å². The Morgan fingerprint density at radius 1 is 0.281 bits per heavy atom. The Kier molecular flexibility index (Phi) is 6.67. The molecule has 0 saturated carbocycles. The van der Waals surface area contributed by atoms with Gasteiger partial charge >= 0.3 is 59.6 Å². The Labute approximate surface area is 159 Å². The van der Waals surface area contributed by atoms with Gasteiger partial charge in [0.05, 0.1) is 0 Å². The lowest BCUT2D eigenvalue weighted by Crippen LogP contribution is -2.83. The average Bonchev–Trinajstić information content (AvgIpc) is 2.49. The summed E-state index contributed by atoms with van der Waals surface area (Å²) in [6.07, 6.45) is -16.6. The molecule has 194 valence electrons. The van der Waals surface area contributed by atoms with Crippen LogP contribution in [-0.2, 0) is 0 Å². The summed E-state index contributed by atoms with van der Waals surface area (Å²) in [5.41, 5.74) is -6.81. The summed E-state index contributed by atoms with van der Waals surface area (Å²) in [5, 5.41) is 0. The van der Waals surface area contributed by atoms with Crippen LogP contribution in [0.15, 0.2) is 0 Å². The Morgan fingerprint density at radius 2 is 0.469 bits per heavy atom. The van der Waals surface area contributed by atoms with Crippen molar-refractivity contribution in [2.45, 2.75) is 59.6 Å². The molecule has 32 heavy (non-hydrogen) atoms. The van der Waals surface area contributed by atoms with Crippen LogP contribution < -0.4 is 5.73 Å². The van der Waals surface area contributed by atoms with Crippen LogP contribution in [0.25, 0.3) is 0 Å². The van der Waals surface area contributed by atoms with Crippen LogP contribution in [0.5, 0.6) is 0 Å². The first-order valence-corrected chi connectivity index (χ1v) is 6.51. The molecule has 0 saturated heterocycles. The van der Waals surface area contributed by atoms with Gasteiger partial charge in [-0.15, -0.1) is 0 Å². The number of halogens is 21. The van der Waals surface area contributed by atoms with Crippen molar-refractivity contribution in [3.63, 3.8) is 0 Å². The Bertz CT molecular complexity index is 596. The van der Waals surface area contributed by atoms with E-state index < -0.39 is 59.6 Å². The van der Waals surface area contributed by atoms with Crippen molar-refractivity contribution >= 4 is 0 Å².